The molecule has 3 aromatic rings. The lowest BCUT2D eigenvalue weighted by Gasteiger charge is -2.37. The highest BCUT2D eigenvalue weighted by Gasteiger charge is 2.33. The highest BCUT2D eigenvalue weighted by atomic mass is 35.5. The molecule has 4 rings (SSSR count). The summed E-state index contributed by atoms with van der Waals surface area (Å²) in [6.07, 6.45) is 1.60. The third-order valence-electron chi connectivity index (χ3n) is 5.99. The fourth-order valence-corrected chi connectivity index (χ4v) is 5.20. The van der Waals surface area contributed by atoms with E-state index in [0.29, 0.717) is 32.7 Å². The van der Waals surface area contributed by atoms with Crippen LogP contribution in [0.15, 0.2) is 54.6 Å². The van der Waals surface area contributed by atoms with E-state index in [9.17, 15) is 14.7 Å². The average Bonchev–Trinajstić information content (AvgIpc) is 3.28. The van der Waals surface area contributed by atoms with Crippen LogP contribution < -0.4 is 4.74 Å². The van der Waals surface area contributed by atoms with Gasteiger partial charge in [0.25, 0.3) is 0 Å². The van der Waals surface area contributed by atoms with Gasteiger partial charge >= 0.3 is 6.09 Å². The number of benzene rings is 2. The second kappa shape index (κ2) is 11.0. The molecule has 0 spiro atoms. The van der Waals surface area contributed by atoms with Crippen LogP contribution in [-0.4, -0.2) is 40.6 Å². The number of rotatable bonds is 7. The summed E-state index contributed by atoms with van der Waals surface area (Å²) < 4.78 is 11.7. The Labute approximate surface area is 220 Å². The number of hydrogen-bond acceptors (Lipinski definition) is 6. The van der Waals surface area contributed by atoms with Crippen LogP contribution >= 0.6 is 22.9 Å². The minimum atomic E-state index is -0.905. The van der Waals surface area contributed by atoms with Crippen molar-refractivity contribution in [2.45, 2.75) is 57.8 Å². The molecule has 2 aromatic carbocycles. The first-order valence-electron chi connectivity index (χ1n) is 11.9. The number of carbonyl (C=O) groups is 2. The van der Waals surface area contributed by atoms with Crippen LogP contribution in [0, 0.1) is 0 Å². The predicted octanol–water partition coefficient (Wildman–Crippen LogP) is 6.83. The lowest BCUT2D eigenvalue weighted by Crippen LogP contribution is -2.47. The minimum Gasteiger partial charge on any atom is -0.447 e. The summed E-state index contributed by atoms with van der Waals surface area (Å²) in [5.74, 6) is 0.677. The SMILES string of the molecule is CC(C)(C)OC(=O)N(C[C@H](O)c1cccc(Cl)c1)[C@H]1CCc2ccc(Oc3ccc(C=O)s3)cc2C1. The molecule has 0 bridgehead atoms. The van der Waals surface area contributed by atoms with Crippen molar-refractivity contribution in [1.82, 2.24) is 4.90 Å². The van der Waals surface area contributed by atoms with Gasteiger partial charge in [-0.1, -0.05) is 41.1 Å². The Bertz CT molecular complexity index is 1230. The van der Waals surface area contributed by atoms with E-state index < -0.39 is 17.8 Å². The molecule has 1 N–H and O–H groups in total. The molecule has 36 heavy (non-hydrogen) atoms. The summed E-state index contributed by atoms with van der Waals surface area (Å²) in [5, 5.41) is 12.1. The number of halogens is 1. The first kappa shape index (κ1) is 26.2. The molecule has 1 amide bonds. The minimum absolute atomic E-state index is 0.0924. The van der Waals surface area contributed by atoms with Crippen molar-refractivity contribution in [3.8, 4) is 10.8 Å². The number of aldehydes is 1. The fourth-order valence-electron chi connectivity index (χ4n) is 4.31. The largest absolute Gasteiger partial charge is 0.447 e. The first-order chi connectivity index (χ1) is 17.1. The maximum Gasteiger partial charge on any atom is 0.410 e. The molecule has 0 radical (unpaired) electrons. The molecule has 1 aromatic heterocycles. The third kappa shape index (κ3) is 6.66. The van der Waals surface area contributed by atoms with Gasteiger partial charge in [0.2, 0.25) is 0 Å². The Balaban J connectivity index is 1.55. The second-order valence-electron chi connectivity index (χ2n) is 9.91. The number of aliphatic hydroxyl groups excluding tert-OH is 1. The van der Waals surface area contributed by atoms with Gasteiger partial charge in [-0.2, -0.15) is 0 Å². The summed E-state index contributed by atoms with van der Waals surface area (Å²) >= 11 is 7.41. The summed E-state index contributed by atoms with van der Waals surface area (Å²) in [5.41, 5.74) is 2.28. The van der Waals surface area contributed by atoms with Crippen molar-refractivity contribution in [1.29, 1.82) is 0 Å². The number of fused-ring (bicyclic) bond motifs is 1. The lowest BCUT2D eigenvalue weighted by molar-refractivity contribution is 0.00195. The number of amides is 1. The number of thiophene rings is 1. The van der Waals surface area contributed by atoms with Gasteiger partial charge in [-0.25, -0.2) is 4.79 Å². The molecule has 0 saturated heterocycles. The first-order valence-corrected chi connectivity index (χ1v) is 13.1. The van der Waals surface area contributed by atoms with Crippen LogP contribution in [0.5, 0.6) is 10.8 Å². The number of aryl methyl sites for hydroxylation is 1. The van der Waals surface area contributed by atoms with Gasteiger partial charge in [0.15, 0.2) is 11.3 Å². The third-order valence-corrected chi connectivity index (χ3v) is 7.11. The van der Waals surface area contributed by atoms with Crippen LogP contribution in [0.1, 0.15) is 59.7 Å². The van der Waals surface area contributed by atoms with Crippen molar-refractivity contribution in [3.63, 3.8) is 0 Å². The summed E-state index contributed by atoms with van der Waals surface area (Å²) in [6.45, 7) is 5.58. The van der Waals surface area contributed by atoms with Gasteiger partial charge in [-0.3, -0.25) is 4.79 Å². The summed E-state index contributed by atoms with van der Waals surface area (Å²) in [7, 11) is 0. The zero-order valence-electron chi connectivity index (χ0n) is 20.6. The highest BCUT2D eigenvalue weighted by Crippen LogP contribution is 2.33. The van der Waals surface area contributed by atoms with Crippen molar-refractivity contribution in [2.24, 2.45) is 0 Å². The van der Waals surface area contributed by atoms with Crippen LogP contribution in [0.2, 0.25) is 5.02 Å². The highest BCUT2D eigenvalue weighted by molar-refractivity contribution is 7.15. The van der Waals surface area contributed by atoms with E-state index in [0.717, 1.165) is 24.7 Å². The quantitative estimate of drug-likeness (QED) is 0.341. The molecule has 6 nitrogen and oxygen atoms in total. The molecular formula is C28H30ClNO5S. The van der Waals surface area contributed by atoms with E-state index in [1.54, 1.807) is 41.3 Å². The maximum absolute atomic E-state index is 13.3. The van der Waals surface area contributed by atoms with Crippen molar-refractivity contribution < 1.29 is 24.2 Å². The molecule has 0 unspecified atom stereocenters. The molecule has 0 aliphatic heterocycles. The van der Waals surface area contributed by atoms with Gasteiger partial charge in [0, 0.05) is 11.1 Å². The Morgan fingerprint density at radius 1 is 1.19 bits per heavy atom. The number of ether oxygens (including phenoxy) is 2. The van der Waals surface area contributed by atoms with Crippen molar-refractivity contribution in [2.75, 3.05) is 6.54 Å². The monoisotopic (exact) mass is 527 g/mol. The molecule has 190 valence electrons. The fraction of sp³-hybridized carbons (Fsp3) is 0.357. The van der Waals surface area contributed by atoms with Gasteiger partial charge in [-0.05, 0) is 93.1 Å². The molecule has 1 aliphatic carbocycles. The lowest BCUT2D eigenvalue weighted by atomic mass is 9.87. The van der Waals surface area contributed by atoms with Crippen molar-refractivity contribution in [3.05, 3.63) is 81.2 Å². The van der Waals surface area contributed by atoms with E-state index in [1.807, 2.05) is 39.0 Å². The van der Waals surface area contributed by atoms with E-state index in [4.69, 9.17) is 21.1 Å². The van der Waals surface area contributed by atoms with E-state index in [2.05, 4.69) is 0 Å². The number of hydrogen-bond donors (Lipinski definition) is 1. The number of nitrogens with zero attached hydrogens (tertiary/aromatic N) is 1. The number of aliphatic hydroxyl groups is 1. The average molecular weight is 528 g/mol. The van der Waals surface area contributed by atoms with E-state index in [-0.39, 0.29) is 12.6 Å². The molecular weight excluding hydrogens is 498 g/mol. The van der Waals surface area contributed by atoms with Gasteiger partial charge in [-0.15, -0.1) is 0 Å². The van der Waals surface area contributed by atoms with Gasteiger partial charge in [0.1, 0.15) is 11.4 Å². The van der Waals surface area contributed by atoms with Crippen LogP contribution in [0.25, 0.3) is 0 Å². The maximum atomic E-state index is 13.3. The van der Waals surface area contributed by atoms with Crippen LogP contribution in [0.3, 0.4) is 0 Å². The Kier molecular flexibility index (Phi) is 8.03. The van der Waals surface area contributed by atoms with E-state index >= 15 is 0 Å². The zero-order valence-corrected chi connectivity index (χ0v) is 22.1. The zero-order chi connectivity index (χ0) is 25.9. The predicted molar refractivity (Wildman–Crippen MR) is 141 cm³/mol. The van der Waals surface area contributed by atoms with Crippen LogP contribution in [0.4, 0.5) is 4.79 Å². The summed E-state index contributed by atoms with van der Waals surface area (Å²) in [6, 6.07) is 16.3. The molecule has 1 aliphatic rings. The van der Waals surface area contributed by atoms with Gasteiger partial charge < -0.3 is 19.5 Å². The molecule has 2 atom stereocenters. The topological polar surface area (TPSA) is 76.1 Å². The smallest absolute Gasteiger partial charge is 0.410 e. The van der Waals surface area contributed by atoms with Gasteiger partial charge in [0.05, 0.1) is 17.5 Å². The normalized spacial score (nSPS) is 16.1. The molecule has 0 fully saturated rings. The molecule has 0 saturated carbocycles. The number of carbonyl (C=O) groups excluding carboxylic acids is 2. The molecule has 1 heterocycles. The Morgan fingerprint density at radius 3 is 2.69 bits per heavy atom. The Hall–Kier alpha value is -2.87. The standard InChI is InChI=1S/C28H30ClNO5S/c1-28(2,3)35-27(33)30(16-25(32)19-5-4-6-21(29)13-19)22-9-7-18-8-10-23(15-20(18)14-22)34-26-12-11-24(17-31)36-26/h4-6,8,10-13,15,17,22,25,32H,7,9,14,16H2,1-3H3/t22-,25-/m0/s1. The van der Waals surface area contributed by atoms with Crippen LogP contribution in [-0.2, 0) is 17.6 Å². The molecule has 8 heteroatoms. The van der Waals surface area contributed by atoms with Crippen molar-refractivity contribution >= 4 is 35.3 Å². The Morgan fingerprint density at radius 2 is 2.00 bits per heavy atom. The van der Waals surface area contributed by atoms with E-state index in [1.165, 1.54) is 16.9 Å². The second-order valence-corrected chi connectivity index (χ2v) is 11.4. The summed E-state index contributed by atoms with van der Waals surface area (Å²) in [4.78, 5) is 26.5.